The van der Waals surface area contributed by atoms with E-state index >= 15 is 0 Å². The number of halogens is 1. The van der Waals surface area contributed by atoms with Crippen molar-refractivity contribution in [2.75, 3.05) is 5.73 Å². The summed E-state index contributed by atoms with van der Waals surface area (Å²) in [5, 5.41) is 0. The molecule has 0 aliphatic carbocycles. The Morgan fingerprint density at radius 2 is 2.05 bits per heavy atom. The smallest absolute Gasteiger partial charge is 0.325 e. The first-order chi connectivity index (χ1) is 9.13. The van der Waals surface area contributed by atoms with E-state index < -0.39 is 11.5 Å². The molecule has 2 heterocycles. The van der Waals surface area contributed by atoms with Crippen LogP contribution in [0.2, 0.25) is 0 Å². The van der Waals surface area contributed by atoms with E-state index in [-0.39, 0.29) is 5.75 Å². The zero-order chi connectivity index (χ0) is 13.4. The highest BCUT2D eigenvalue weighted by atomic mass is 19.1. The van der Waals surface area contributed by atoms with E-state index in [4.69, 9.17) is 10.5 Å². The van der Waals surface area contributed by atoms with Crippen molar-refractivity contribution in [3.8, 4) is 11.5 Å². The topological polar surface area (TPSA) is 96.8 Å². The van der Waals surface area contributed by atoms with Crippen molar-refractivity contribution in [1.82, 2.24) is 15.0 Å². The molecule has 7 heteroatoms. The van der Waals surface area contributed by atoms with E-state index in [9.17, 15) is 9.18 Å². The molecule has 0 aliphatic heterocycles. The third-order valence-electron chi connectivity index (χ3n) is 2.56. The third-order valence-corrected chi connectivity index (χ3v) is 2.56. The summed E-state index contributed by atoms with van der Waals surface area (Å²) in [6.07, 6.45) is 1.46. The zero-order valence-electron chi connectivity index (χ0n) is 9.61. The van der Waals surface area contributed by atoms with Gasteiger partial charge in [0, 0.05) is 24.0 Å². The van der Waals surface area contributed by atoms with Gasteiger partial charge in [0.05, 0.1) is 0 Å². The van der Waals surface area contributed by atoms with E-state index in [1.165, 1.54) is 24.4 Å². The largest absolute Gasteiger partial charge is 0.452 e. The fourth-order valence-corrected chi connectivity index (χ4v) is 1.72. The van der Waals surface area contributed by atoms with Crippen molar-refractivity contribution in [2.45, 2.75) is 0 Å². The number of aromatic nitrogens is 3. The molecule has 0 unspecified atom stereocenters. The Balaban J connectivity index is 2.08. The number of ether oxygens (including phenoxy) is 1. The highest BCUT2D eigenvalue weighted by Crippen LogP contribution is 2.28. The first kappa shape index (κ1) is 11.3. The first-order valence-corrected chi connectivity index (χ1v) is 5.43. The number of hydrogen-bond acceptors (Lipinski definition) is 4. The van der Waals surface area contributed by atoms with Gasteiger partial charge < -0.3 is 15.5 Å². The molecule has 0 bridgehead atoms. The van der Waals surface area contributed by atoms with Crippen LogP contribution in [0.15, 0.2) is 35.3 Å². The molecule has 6 nitrogen and oxygen atoms in total. The Morgan fingerprint density at radius 3 is 2.84 bits per heavy atom. The summed E-state index contributed by atoms with van der Waals surface area (Å²) in [7, 11) is 0. The van der Waals surface area contributed by atoms with Crippen LogP contribution in [0.5, 0.6) is 11.5 Å². The van der Waals surface area contributed by atoms with E-state index in [0.29, 0.717) is 22.6 Å². The minimum absolute atomic E-state index is 0.0174. The quantitative estimate of drug-likeness (QED) is 0.611. The molecular formula is C12H9FN4O2. The van der Waals surface area contributed by atoms with Crippen LogP contribution in [0.3, 0.4) is 0 Å². The normalized spacial score (nSPS) is 10.8. The number of imidazole rings is 1. The van der Waals surface area contributed by atoms with Crippen molar-refractivity contribution < 1.29 is 9.13 Å². The minimum atomic E-state index is -0.581. The Morgan fingerprint density at radius 1 is 1.21 bits per heavy atom. The molecule has 3 rings (SSSR count). The zero-order valence-corrected chi connectivity index (χ0v) is 9.61. The third kappa shape index (κ3) is 2.01. The first-order valence-electron chi connectivity index (χ1n) is 5.43. The molecule has 0 atom stereocenters. The lowest BCUT2D eigenvalue weighted by molar-refractivity contribution is 0.446. The van der Waals surface area contributed by atoms with Crippen LogP contribution < -0.4 is 16.2 Å². The lowest BCUT2D eigenvalue weighted by Gasteiger charge is -2.07. The molecule has 19 heavy (non-hydrogen) atoms. The summed E-state index contributed by atoms with van der Waals surface area (Å²) >= 11 is 0. The van der Waals surface area contributed by atoms with E-state index in [1.807, 2.05) is 0 Å². The van der Waals surface area contributed by atoms with Crippen molar-refractivity contribution in [3.63, 3.8) is 0 Å². The summed E-state index contributed by atoms with van der Waals surface area (Å²) in [4.78, 5) is 20.2. The molecule has 0 saturated heterocycles. The van der Waals surface area contributed by atoms with Crippen LogP contribution in [0.25, 0.3) is 11.2 Å². The number of fused-ring (bicyclic) bond motifs is 1. The number of nitrogens with two attached hydrogens (primary N) is 1. The van der Waals surface area contributed by atoms with E-state index in [1.54, 1.807) is 0 Å². The fourth-order valence-electron chi connectivity index (χ4n) is 1.72. The van der Waals surface area contributed by atoms with Gasteiger partial charge in [-0.05, 0) is 12.1 Å². The second-order valence-corrected chi connectivity index (χ2v) is 3.90. The van der Waals surface area contributed by atoms with Gasteiger partial charge in [-0.3, -0.25) is 4.98 Å². The van der Waals surface area contributed by atoms with Gasteiger partial charge in [-0.1, -0.05) is 0 Å². The van der Waals surface area contributed by atoms with Gasteiger partial charge in [-0.25, -0.2) is 14.2 Å². The molecule has 0 aliphatic rings. The minimum Gasteiger partial charge on any atom is -0.452 e. The number of nitrogens with zero attached hydrogens (tertiary/aromatic N) is 1. The molecule has 0 fully saturated rings. The predicted octanol–water partition coefficient (Wildman–Crippen LogP) is 1.76. The van der Waals surface area contributed by atoms with Crippen molar-refractivity contribution in [2.24, 2.45) is 0 Å². The highest BCUT2D eigenvalue weighted by Gasteiger charge is 2.10. The van der Waals surface area contributed by atoms with Crippen LogP contribution in [-0.2, 0) is 0 Å². The molecule has 0 amide bonds. The maximum absolute atomic E-state index is 13.6. The molecule has 3 aromatic rings. The average Bonchev–Trinajstić information content (AvgIpc) is 2.74. The SMILES string of the molecule is Nc1ccc(Oc2ccnc3[nH]c(=O)[nH]c23)c(F)c1. The van der Waals surface area contributed by atoms with Crippen molar-refractivity contribution in [3.05, 3.63) is 46.8 Å². The number of rotatable bonds is 2. The van der Waals surface area contributed by atoms with Crippen LogP contribution in [0.4, 0.5) is 10.1 Å². The van der Waals surface area contributed by atoms with Gasteiger partial charge in [0.15, 0.2) is 23.0 Å². The maximum Gasteiger partial charge on any atom is 0.325 e. The van der Waals surface area contributed by atoms with Crippen LogP contribution >= 0.6 is 0 Å². The fraction of sp³-hybridized carbons (Fsp3) is 0. The lowest BCUT2D eigenvalue weighted by Crippen LogP contribution is -1.99. The van der Waals surface area contributed by atoms with Gasteiger partial charge in [0.25, 0.3) is 0 Å². The Bertz CT molecular complexity index is 809. The monoisotopic (exact) mass is 260 g/mol. The van der Waals surface area contributed by atoms with Gasteiger partial charge in [0.2, 0.25) is 0 Å². The second-order valence-electron chi connectivity index (χ2n) is 3.90. The molecule has 2 aromatic heterocycles. The van der Waals surface area contributed by atoms with E-state index in [0.717, 1.165) is 6.07 Å². The molecule has 96 valence electrons. The number of H-pyrrole nitrogens is 2. The number of benzene rings is 1. The molecule has 4 N–H and O–H groups in total. The molecule has 1 aromatic carbocycles. The summed E-state index contributed by atoms with van der Waals surface area (Å²) < 4.78 is 19.1. The molecular weight excluding hydrogens is 251 g/mol. The number of nitrogen functional groups attached to an aromatic ring is 1. The molecule has 0 saturated carbocycles. The van der Waals surface area contributed by atoms with Crippen LogP contribution in [-0.4, -0.2) is 15.0 Å². The standard InChI is InChI=1S/C12H9FN4O2/c13-7-5-6(14)1-2-8(7)19-9-3-4-15-11-10(9)16-12(18)17-11/h1-5H,14H2,(H2,15,16,17,18). The number of nitrogens with one attached hydrogen (secondary N) is 2. The van der Waals surface area contributed by atoms with Crippen LogP contribution in [0, 0.1) is 5.82 Å². The van der Waals surface area contributed by atoms with Crippen molar-refractivity contribution in [1.29, 1.82) is 0 Å². The van der Waals surface area contributed by atoms with Gasteiger partial charge >= 0.3 is 5.69 Å². The predicted molar refractivity (Wildman–Crippen MR) is 67.6 cm³/mol. The summed E-state index contributed by atoms with van der Waals surface area (Å²) in [6, 6.07) is 5.63. The Hall–Kier alpha value is -2.83. The average molecular weight is 260 g/mol. The summed E-state index contributed by atoms with van der Waals surface area (Å²) in [5.74, 6) is -0.265. The summed E-state index contributed by atoms with van der Waals surface area (Å²) in [6.45, 7) is 0. The highest BCUT2D eigenvalue weighted by molar-refractivity contribution is 5.77. The van der Waals surface area contributed by atoms with Crippen molar-refractivity contribution >= 4 is 16.9 Å². The van der Waals surface area contributed by atoms with E-state index in [2.05, 4.69) is 15.0 Å². The van der Waals surface area contributed by atoms with Gasteiger partial charge in [-0.15, -0.1) is 0 Å². The van der Waals surface area contributed by atoms with Gasteiger partial charge in [-0.2, -0.15) is 0 Å². The molecule has 0 spiro atoms. The maximum atomic E-state index is 13.6. The summed E-state index contributed by atoms with van der Waals surface area (Å²) in [5.41, 5.74) is 6.08. The Labute approximate surface area is 106 Å². The number of aromatic amines is 2. The Kier molecular flexibility index (Phi) is 2.45. The number of hydrogen-bond donors (Lipinski definition) is 3. The second kappa shape index (κ2) is 4.13. The van der Waals surface area contributed by atoms with Gasteiger partial charge in [0.1, 0.15) is 5.52 Å². The number of pyridine rings is 1. The van der Waals surface area contributed by atoms with Crippen LogP contribution in [0.1, 0.15) is 0 Å². The lowest BCUT2D eigenvalue weighted by atomic mass is 10.3. The number of anilines is 1. The molecule has 0 radical (unpaired) electrons.